The van der Waals surface area contributed by atoms with Crippen molar-refractivity contribution < 1.29 is 21.6 Å². The summed E-state index contributed by atoms with van der Waals surface area (Å²) >= 11 is 0. The summed E-state index contributed by atoms with van der Waals surface area (Å²) < 4.78 is 55.2. The summed E-state index contributed by atoms with van der Waals surface area (Å²) in [5.74, 6) is 1.78. The highest BCUT2D eigenvalue weighted by Crippen LogP contribution is 2.41. The molecule has 0 heterocycles. The number of fused-ring (bicyclic) bond motifs is 1. The molecule has 0 atom stereocenters. The van der Waals surface area contributed by atoms with Crippen LogP contribution in [0.25, 0.3) is 10.8 Å². The summed E-state index contributed by atoms with van der Waals surface area (Å²) in [5.41, 5.74) is 1.54. The fourth-order valence-electron chi connectivity index (χ4n) is 16.0. The fraction of sp³-hybridized carbons (Fsp3) is 0.153. The first-order chi connectivity index (χ1) is 60.4. The van der Waals surface area contributed by atoms with E-state index in [0.29, 0.717) is 15.9 Å². The lowest BCUT2D eigenvalue weighted by Crippen LogP contribution is -2.17. The van der Waals surface area contributed by atoms with Gasteiger partial charge in [-0.3, -0.25) is 0 Å². The predicted octanol–water partition coefficient (Wildman–Crippen LogP) is 28.6. The van der Waals surface area contributed by atoms with Crippen molar-refractivity contribution in [3.63, 3.8) is 0 Å². The van der Waals surface area contributed by atoms with E-state index in [4.69, 9.17) is 4.74 Å². The van der Waals surface area contributed by atoms with Crippen molar-refractivity contribution in [2.24, 2.45) is 0 Å². The molecular weight excluding hydrogens is 1640 g/mol. The number of ether oxygens (including phenoxy) is 1. The topological polar surface area (TPSA) is 77.5 Å². The molecule has 0 N–H and O–H groups in total. The first-order valence-electron chi connectivity index (χ1n) is 42.7. The minimum Gasteiger partial charge on any atom is -0.490 e. The summed E-state index contributed by atoms with van der Waals surface area (Å²) in [4.78, 5) is 20.2. The largest absolute Gasteiger partial charge is 0.490 e. The monoisotopic (exact) mass is 1740 g/mol. The second-order valence-corrected chi connectivity index (χ2v) is 45.1. The van der Waals surface area contributed by atoms with Gasteiger partial charge in [-0.05, 0) is 292 Å². The minimum absolute atomic E-state index is 0.0278. The van der Waals surface area contributed by atoms with Crippen LogP contribution in [0.15, 0.2) is 526 Å². The third kappa shape index (κ3) is 23.6. The van der Waals surface area contributed by atoms with Gasteiger partial charge in [-0.25, -0.2) is 16.8 Å². The zero-order valence-electron chi connectivity index (χ0n) is 69.5. The molecule has 0 spiro atoms. The van der Waals surface area contributed by atoms with E-state index in [2.05, 4.69) is 346 Å². The molecule has 5 nitrogen and oxygen atoms in total. The van der Waals surface area contributed by atoms with Crippen molar-refractivity contribution in [3.05, 3.63) is 448 Å². The lowest BCUT2D eigenvalue weighted by atomic mass is 9.84. The molecule has 0 bridgehead atoms. The van der Waals surface area contributed by atoms with Gasteiger partial charge >= 0.3 is 0 Å². The van der Waals surface area contributed by atoms with Crippen molar-refractivity contribution in [3.8, 4) is 5.75 Å². The Hall–Kier alpha value is -10.8. The second kappa shape index (κ2) is 44.0. The van der Waals surface area contributed by atoms with Gasteiger partial charge in [-0.2, -0.15) is 0 Å². The molecule has 0 saturated heterocycles. The molecule has 0 aromatic heterocycles. The highest BCUT2D eigenvalue weighted by Gasteiger charge is 2.36. The second-order valence-electron chi connectivity index (χ2n) is 30.7. The maximum absolute atomic E-state index is 12.9. The molecule has 19 rings (SSSR count). The van der Waals surface area contributed by atoms with Crippen LogP contribution in [0, 0.1) is 0 Å². The number of hydrogen-bond donors (Lipinski definition) is 0. The van der Waals surface area contributed by atoms with E-state index < -0.39 is 19.7 Å². The van der Waals surface area contributed by atoms with E-state index in [1.165, 1.54) is 144 Å². The van der Waals surface area contributed by atoms with Crippen LogP contribution in [0.4, 0.5) is 0 Å². The quantitative estimate of drug-likeness (QED) is 0.0670. The normalized spacial score (nSPS) is 13.7. The maximum Gasteiger partial charge on any atom is 0.181 e. The Bertz CT molecular complexity index is 5880. The lowest BCUT2D eigenvalue weighted by Gasteiger charge is -2.22. The van der Waals surface area contributed by atoms with Gasteiger partial charge in [0.2, 0.25) is 0 Å². The molecule has 12 heteroatoms. The van der Waals surface area contributed by atoms with Crippen molar-refractivity contribution in [1.29, 1.82) is 0 Å². The van der Waals surface area contributed by atoms with E-state index in [1.54, 1.807) is 24.3 Å². The van der Waals surface area contributed by atoms with Crippen LogP contribution < -0.4 is 4.74 Å². The van der Waals surface area contributed by atoms with Gasteiger partial charge in [0.05, 0.1) is 75.6 Å². The highest BCUT2D eigenvalue weighted by molar-refractivity contribution is 7.98. The van der Waals surface area contributed by atoms with Crippen LogP contribution in [0.5, 0.6) is 5.75 Å². The van der Waals surface area contributed by atoms with Crippen LogP contribution in [-0.4, -0.2) is 34.4 Å². The van der Waals surface area contributed by atoms with E-state index in [1.807, 2.05) is 72.8 Å². The van der Waals surface area contributed by atoms with E-state index in [0.717, 1.165) is 47.1 Å². The number of hydrogen-bond acceptors (Lipinski definition) is 5. The smallest absolute Gasteiger partial charge is 0.181 e. The van der Waals surface area contributed by atoms with Gasteiger partial charge in [-0.1, -0.05) is 250 Å². The Labute approximate surface area is 744 Å². The molecule has 0 unspecified atom stereocenters. The molecule has 16 aromatic carbocycles. The van der Waals surface area contributed by atoms with Gasteiger partial charge < -0.3 is 4.74 Å². The molecule has 3 saturated carbocycles. The zero-order valence-corrected chi connectivity index (χ0v) is 75.2. The summed E-state index contributed by atoms with van der Waals surface area (Å²) in [5, 5.41) is 2.39. The van der Waals surface area contributed by atoms with Gasteiger partial charge in [0, 0.05) is 12.3 Å². The minimum atomic E-state index is -3.21. The standard InChI is InChI=1S/C24H25S.C23H23O2S2.C23H23OS.C22H17S.C19H17O2S2/c1-4-10-20(11-5-1)21-16-18-24(19-17-21)25(22-12-6-2-7-13-22)23-14-8-3-9-15-23;24-27(25,22-13-7-8-14-22)23-17-15-21(16-18-23)26(19-9-3-1-4-10-19)20-11-5-2-6-12-20;1-3-11-21(12-4-1)25(22-13-5-2-6-14-22)23-17-15-20(16-18-23)24-19-9-7-8-10-19;1-3-11-20(12-4-1)23(21-13-5-2-6-14-21)22-16-15-18-9-7-8-10-19(18)17-22;1-23(20,21)19-14-12-18(13-15-19)22(16-8-4-2-5-9-16)17-10-6-3-7-11-17/h2-3,6-9,12-20H,1,4-5,10-11H2;1-6,9-12,15-18,22H,7-8,13-14H2;1-6,11-19H,7-10H2;1-17H;2-15H,1H3/q5*+1. The fourth-order valence-corrected chi connectivity index (χ4v) is 29.0. The summed E-state index contributed by atoms with van der Waals surface area (Å²) in [7, 11) is -7.05. The first-order valence-corrected chi connectivity index (χ1v) is 52.2. The Morgan fingerprint density at radius 2 is 0.472 bits per heavy atom. The molecule has 3 aliphatic rings. The van der Waals surface area contributed by atoms with E-state index >= 15 is 0 Å². The van der Waals surface area contributed by atoms with Crippen molar-refractivity contribution in [1.82, 2.24) is 0 Å². The Kier molecular flexibility index (Phi) is 31.2. The van der Waals surface area contributed by atoms with Gasteiger partial charge in [0.25, 0.3) is 0 Å². The average Bonchev–Trinajstić information content (AvgIpc) is 1.76. The van der Waals surface area contributed by atoms with Gasteiger partial charge in [0.1, 0.15) is 5.75 Å². The van der Waals surface area contributed by atoms with Crippen LogP contribution in [-0.2, 0) is 74.1 Å². The average molecular weight is 1740 g/mol. The van der Waals surface area contributed by atoms with E-state index in [-0.39, 0.29) is 59.7 Å². The number of rotatable bonds is 21. The maximum atomic E-state index is 12.9. The molecule has 16 aromatic rings. The predicted molar refractivity (Wildman–Crippen MR) is 516 cm³/mol. The van der Waals surface area contributed by atoms with E-state index in [9.17, 15) is 16.8 Å². The molecule has 3 fully saturated rings. The Morgan fingerprint density at radius 3 is 0.789 bits per heavy atom. The van der Waals surface area contributed by atoms with Crippen molar-refractivity contribution >= 4 is 84.9 Å². The van der Waals surface area contributed by atoms with Crippen LogP contribution in [0.1, 0.15) is 95.0 Å². The molecule has 0 radical (unpaired) electrons. The van der Waals surface area contributed by atoms with Crippen molar-refractivity contribution in [2.75, 3.05) is 6.26 Å². The number of benzene rings is 16. The highest BCUT2D eigenvalue weighted by atomic mass is 32.2. The van der Waals surface area contributed by atoms with Crippen molar-refractivity contribution in [2.45, 2.75) is 184 Å². The van der Waals surface area contributed by atoms with Crippen LogP contribution >= 0.6 is 0 Å². The van der Waals surface area contributed by atoms with Crippen LogP contribution in [0.2, 0.25) is 0 Å². The number of sulfone groups is 2. The summed E-state index contributed by atoms with van der Waals surface area (Å²) in [6.45, 7) is 0. The Morgan fingerprint density at radius 1 is 0.228 bits per heavy atom. The SMILES string of the molecule is CS(=O)(=O)c1ccc([S+](c2ccccc2)c2ccccc2)cc1.O=S(=O)(c1ccc([S+](c2ccccc2)c2ccccc2)cc1)C1CCCC1.c1ccc([S+](c2ccccc2)c2ccc(C3CCCCC3)cc2)cc1.c1ccc([S+](c2ccccc2)c2ccc(OC3CCCC3)cc2)cc1.c1ccc([S+](c2ccccc2)c2ccc3ccccc3c2)cc1. The summed E-state index contributed by atoms with van der Waals surface area (Å²) in [6, 6.07) is 155. The third-order valence-electron chi connectivity index (χ3n) is 22.2. The molecule has 0 aliphatic heterocycles. The molecule has 3 aliphatic carbocycles. The van der Waals surface area contributed by atoms with Gasteiger partial charge in [0.15, 0.2) is 93.1 Å². The lowest BCUT2D eigenvalue weighted by molar-refractivity contribution is 0.210. The molecule has 616 valence electrons. The zero-order chi connectivity index (χ0) is 84.3. The van der Waals surface area contributed by atoms with Gasteiger partial charge in [-0.15, -0.1) is 0 Å². The third-order valence-corrected chi connectivity index (χ3v) is 36.8. The molecule has 123 heavy (non-hydrogen) atoms. The Balaban J connectivity index is 0.000000119. The molecular formula is C111H105O5S7+5. The first kappa shape index (κ1) is 87.1. The van der Waals surface area contributed by atoms with Crippen LogP contribution in [0.3, 0.4) is 0 Å². The molecule has 0 amide bonds. The summed E-state index contributed by atoms with van der Waals surface area (Å²) in [6.07, 6.45) is 17.2.